The molecule has 0 fully saturated rings. The van der Waals surface area contributed by atoms with Crippen molar-refractivity contribution in [1.82, 2.24) is 4.90 Å². The number of nitrogens with one attached hydrogen (secondary N) is 1. The standard InChI is InChI=1S/C19H20N2O2/c1-4-15-8-7-10-17(12-15)20-13-16-9-5-6-11-18(16)23-14-19(22)21(2)3/h1,5-12,20H,13-14H2,2-3H3. The maximum absolute atomic E-state index is 11.6. The topological polar surface area (TPSA) is 41.6 Å². The Morgan fingerprint density at radius 2 is 2.00 bits per heavy atom. The van der Waals surface area contributed by atoms with E-state index in [0.717, 1.165) is 16.8 Å². The zero-order valence-corrected chi connectivity index (χ0v) is 13.4. The third-order valence-corrected chi connectivity index (χ3v) is 3.33. The van der Waals surface area contributed by atoms with Gasteiger partial charge < -0.3 is 15.0 Å². The summed E-state index contributed by atoms with van der Waals surface area (Å²) < 4.78 is 5.63. The summed E-state index contributed by atoms with van der Waals surface area (Å²) in [4.78, 5) is 13.1. The average molecular weight is 308 g/mol. The molecule has 4 nitrogen and oxygen atoms in total. The summed E-state index contributed by atoms with van der Waals surface area (Å²) in [5, 5.41) is 3.32. The second-order valence-corrected chi connectivity index (χ2v) is 5.26. The fraction of sp³-hybridized carbons (Fsp3) is 0.211. The number of hydrogen-bond acceptors (Lipinski definition) is 3. The molecule has 0 saturated carbocycles. The first-order chi connectivity index (χ1) is 11.1. The molecule has 1 amide bonds. The lowest BCUT2D eigenvalue weighted by molar-refractivity contribution is -0.130. The predicted molar refractivity (Wildman–Crippen MR) is 92.3 cm³/mol. The molecular formula is C19H20N2O2. The van der Waals surface area contributed by atoms with Gasteiger partial charge in [0.05, 0.1) is 0 Å². The molecule has 0 unspecified atom stereocenters. The van der Waals surface area contributed by atoms with Crippen LogP contribution >= 0.6 is 0 Å². The lowest BCUT2D eigenvalue weighted by Gasteiger charge is -2.14. The quantitative estimate of drug-likeness (QED) is 0.834. The molecule has 0 saturated heterocycles. The van der Waals surface area contributed by atoms with Crippen LogP contribution in [0.4, 0.5) is 5.69 Å². The van der Waals surface area contributed by atoms with Gasteiger partial charge in [0.2, 0.25) is 0 Å². The highest BCUT2D eigenvalue weighted by Gasteiger charge is 2.08. The van der Waals surface area contributed by atoms with Gasteiger partial charge in [-0.1, -0.05) is 30.2 Å². The molecule has 1 N–H and O–H groups in total. The Labute approximate surface area is 137 Å². The van der Waals surface area contributed by atoms with Crippen LogP contribution in [0.5, 0.6) is 5.75 Å². The SMILES string of the molecule is C#Cc1cccc(NCc2ccccc2OCC(=O)N(C)C)c1. The number of para-hydroxylation sites is 1. The van der Waals surface area contributed by atoms with Crippen LogP contribution in [0, 0.1) is 12.3 Å². The van der Waals surface area contributed by atoms with Gasteiger partial charge in [-0.05, 0) is 24.3 Å². The minimum absolute atomic E-state index is 0.0244. The number of benzene rings is 2. The summed E-state index contributed by atoms with van der Waals surface area (Å²) in [7, 11) is 3.41. The van der Waals surface area contributed by atoms with Crippen LogP contribution in [-0.2, 0) is 11.3 Å². The van der Waals surface area contributed by atoms with Crippen molar-refractivity contribution in [2.45, 2.75) is 6.54 Å². The van der Waals surface area contributed by atoms with Crippen molar-refractivity contribution in [2.75, 3.05) is 26.0 Å². The lowest BCUT2D eigenvalue weighted by atomic mass is 10.1. The fourth-order valence-corrected chi connectivity index (χ4v) is 1.98. The smallest absolute Gasteiger partial charge is 0.259 e. The summed E-state index contributed by atoms with van der Waals surface area (Å²) in [6, 6.07) is 15.3. The van der Waals surface area contributed by atoms with Gasteiger partial charge in [0, 0.05) is 37.5 Å². The first kappa shape index (κ1) is 16.4. The predicted octanol–water partition coefficient (Wildman–Crippen LogP) is 2.75. The molecule has 0 atom stereocenters. The Morgan fingerprint density at radius 3 is 2.74 bits per heavy atom. The third-order valence-electron chi connectivity index (χ3n) is 3.33. The van der Waals surface area contributed by atoms with Gasteiger partial charge in [0.25, 0.3) is 5.91 Å². The molecule has 0 aliphatic rings. The van der Waals surface area contributed by atoms with Crippen molar-refractivity contribution >= 4 is 11.6 Å². The van der Waals surface area contributed by atoms with Gasteiger partial charge in [-0.3, -0.25) is 4.79 Å². The number of terminal acetylenes is 1. The van der Waals surface area contributed by atoms with Gasteiger partial charge >= 0.3 is 0 Å². The second-order valence-electron chi connectivity index (χ2n) is 5.26. The molecule has 0 radical (unpaired) electrons. The number of nitrogens with zero attached hydrogens (tertiary/aromatic N) is 1. The summed E-state index contributed by atoms with van der Waals surface area (Å²) in [6.45, 7) is 0.608. The Kier molecular flexibility index (Phi) is 5.65. The second kappa shape index (κ2) is 7.90. The van der Waals surface area contributed by atoms with Crippen LogP contribution in [0.25, 0.3) is 0 Å². The van der Waals surface area contributed by atoms with Crippen molar-refractivity contribution in [3.63, 3.8) is 0 Å². The summed E-state index contributed by atoms with van der Waals surface area (Å²) in [5.74, 6) is 3.24. The zero-order valence-electron chi connectivity index (χ0n) is 13.4. The molecule has 4 heteroatoms. The molecule has 0 heterocycles. The molecule has 23 heavy (non-hydrogen) atoms. The number of rotatable bonds is 6. The van der Waals surface area contributed by atoms with E-state index in [0.29, 0.717) is 12.3 Å². The van der Waals surface area contributed by atoms with Crippen molar-refractivity contribution in [2.24, 2.45) is 0 Å². The highest BCUT2D eigenvalue weighted by atomic mass is 16.5. The van der Waals surface area contributed by atoms with Crippen LogP contribution in [0.15, 0.2) is 48.5 Å². The van der Waals surface area contributed by atoms with Crippen molar-refractivity contribution in [1.29, 1.82) is 0 Å². The van der Waals surface area contributed by atoms with E-state index in [1.807, 2.05) is 48.5 Å². The van der Waals surface area contributed by atoms with Gasteiger partial charge in [0.1, 0.15) is 5.75 Å². The van der Waals surface area contributed by atoms with Gasteiger partial charge in [-0.15, -0.1) is 6.42 Å². The minimum Gasteiger partial charge on any atom is -0.483 e. The maximum Gasteiger partial charge on any atom is 0.259 e. The molecule has 0 spiro atoms. The summed E-state index contributed by atoms with van der Waals surface area (Å²) in [5.41, 5.74) is 2.75. The Bertz CT molecular complexity index is 717. The molecule has 118 valence electrons. The fourth-order valence-electron chi connectivity index (χ4n) is 1.98. The molecule has 0 aliphatic carbocycles. The number of anilines is 1. The third kappa shape index (κ3) is 4.79. The van der Waals surface area contributed by atoms with E-state index in [-0.39, 0.29) is 12.5 Å². The summed E-state index contributed by atoms with van der Waals surface area (Å²) >= 11 is 0. The van der Waals surface area contributed by atoms with Crippen LogP contribution < -0.4 is 10.1 Å². The van der Waals surface area contributed by atoms with Gasteiger partial charge in [0.15, 0.2) is 6.61 Å². The van der Waals surface area contributed by atoms with E-state index in [1.54, 1.807) is 14.1 Å². The highest BCUT2D eigenvalue weighted by molar-refractivity contribution is 5.77. The van der Waals surface area contributed by atoms with Crippen LogP contribution in [-0.4, -0.2) is 31.5 Å². The Morgan fingerprint density at radius 1 is 1.22 bits per heavy atom. The normalized spacial score (nSPS) is 9.78. The zero-order chi connectivity index (χ0) is 16.7. The van der Waals surface area contributed by atoms with Gasteiger partial charge in [-0.25, -0.2) is 0 Å². The molecular weight excluding hydrogens is 288 g/mol. The first-order valence-corrected chi connectivity index (χ1v) is 7.31. The first-order valence-electron chi connectivity index (χ1n) is 7.31. The van der Waals surface area contributed by atoms with Crippen molar-refractivity contribution in [3.05, 3.63) is 59.7 Å². The number of likely N-dealkylation sites (N-methyl/N-ethyl adjacent to an activating group) is 1. The largest absolute Gasteiger partial charge is 0.483 e. The van der Waals surface area contributed by atoms with Crippen LogP contribution in [0.1, 0.15) is 11.1 Å². The van der Waals surface area contributed by atoms with Crippen molar-refractivity contribution in [3.8, 4) is 18.1 Å². The molecule has 2 aromatic rings. The monoisotopic (exact) mass is 308 g/mol. The maximum atomic E-state index is 11.6. The van der Waals surface area contributed by atoms with Crippen LogP contribution in [0.2, 0.25) is 0 Å². The molecule has 0 aliphatic heterocycles. The number of carbonyl (C=O) groups is 1. The number of amides is 1. The molecule has 2 rings (SSSR count). The highest BCUT2D eigenvalue weighted by Crippen LogP contribution is 2.20. The van der Waals surface area contributed by atoms with E-state index in [9.17, 15) is 4.79 Å². The Balaban J connectivity index is 2.02. The number of ether oxygens (including phenoxy) is 1. The lowest BCUT2D eigenvalue weighted by Crippen LogP contribution is -2.27. The molecule has 0 bridgehead atoms. The summed E-state index contributed by atoms with van der Waals surface area (Å²) in [6.07, 6.45) is 5.41. The Hall–Kier alpha value is -2.93. The average Bonchev–Trinajstić information content (AvgIpc) is 2.58. The van der Waals surface area contributed by atoms with Gasteiger partial charge in [-0.2, -0.15) is 0 Å². The molecule has 0 aromatic heterocycles. The van der Waals surface area contributed by atoms with E-state index in [2.05, 4.69) is 11.2 Å². The van der Waals surface area contributed by atoms with E-state index in [1.165, 1.54) is 4.90 Å². The number of carbonyl (C=O) groups excluding carboxylic acids is 1. The van der Waals surface area contributed by atoms with E-state index in [4.69, 9.17) is 11.2 Å². The van der Waals surface area contributed by atoms with Crippen molar-refractivity contribution < 1.29 is 9.53 Å². The van der Waals surface area contributed by atoms with Crippen LogP contribution in [0.3, 0.4) is 0 Å². The minimum atomic E-state index is -0.0746. The van der Waals surface area contributed by atoms with E-state index >= 15 is 0 Å². The van der Waals surface area contributed by atoms with E-state index < -0.39 is 0 Å². The molecule has 2 aromatic carbocycles. The number of hydrogen-bond donors (Lipinski definition) is 1.